The molecule has 0 spiro atoms. The molecule has 2 atom stereocenters. The van der Waals surface area contributed by atoms with E-state index in [1.807, 2.05) is 77.2 Å². The number of sulfonamides is 1. The van der Waals surface area contributed by atoms with Crippen LogP contribution in [0.25, 0.3) is 11.1 Å². The smallest absolute Gasteiger partial charge is 0.261 e. The Balaban J connectivity index is 1.58. The van der Waals surface area contributed by atoms with Crippen molar-refractivity contribution in [3.05, 3.63) is 116 Å². The number of carbonyl (C=O) groups excluding carboxylic acids is 2. The van der Waals surface area contributed by atoms with Crippen LogP contribution < -0.4 is 10.0 Å². The Kier molecular flexibility index (Phi) is 9.77. The van der Waals surface area contributed by atoms with Gasteiger partial charge in [-0.3, -0.25) is 14.3 Å². The first kappa shape index (κ1) is 29.9. The Bertz CT molecular complexity index is 1610. The third kappa shape index (κ3) is 7.57. The van der Waals surface area contributed by atoms with Gasteiger partial charge in [-0.1, -0.05) is 70.5 Å². The van der Waals surface area contributed by atoms with Gasteiger partial charge in [0.15, 0.2) is 5.78 Å². The van der Waals surface area contributed by atoms with E-state index in [1.54, 1.807) is 18.2 Å². The normalized spacial score (nSPS) is 12.8. The maximum atomic E-state index is 13.5. The Labute approximate surface area is 255 Å². The molecule has 1 amide bonds. The molecule has 206 valence electrons. The second-order valence-electron chi connectivity index (χ2n) is 9.12. The van der Waals surface area contributed by atoms with Crippen LogP contribution in [-0.2, 0) is 21.2 Å². The van der Waals surface area contributed by atoms with Gasteiger partial charge in [0.1, 0.15) is 6.10 Å². The molecule has 0 radical (unpaired) electrons. The first-order chi connectivity index (χ1) is 19.0. The summed E-state index contributed by atoms with van der Waals surface area (Å²) in [6, 6.07) is 27.2. The number of anilines is 1. The number of hydrogen-bond donors (Lipinski definition) is 3. The predicted molar refractivity (Wildman–Crippen MR) is 168 cm³/mol. The maximum absolute atomic E-state index is 13.5. The van der Waals surface area contributed by atoms with Gasteiger partial charge in [0, 0.05) is 8.04 Å². The van der Waals surface area contributed by atoms with Crippen LogP contribution in [0.3, 0.4) is 0 Å². The standard InChI is InChI=1S/C30H26BrIN2O5S/c1-19(35)29(36)28(17-20-7-9-22(10-8-20)21-5-3-2-4-6-21)33-30(37)26-18-24(32)13-16-27(26)34-40(38,39)25-14-11-23(31)12-15-25/h2-16,18-19,28,34-35H,17H2,1H3,(H,33,37)/t19?,28-/m0/s1. The largest absolute Gasteiger partial charge is 0.386 e. The van der Waals surface area contributed by atoms with Crippen LogP contribution in [0.5, 0.6) is 0 Å². The van der Waals surface area contributed by atoms with E-state index < -0.39 is 33.9 Å². The van der Waals surface area contributed by atoms with E-state index in [2.05, 4.69) is 26.0 Å². The molecule has 0 aliphatic carbocycles. The second-order valence-corrected chi connectivity index (χ2v) is 13.0. The quantitative estimate of drug-likeness (QED) is 0.178. The lowest BCUT2D eigenvalue weighted by Crippen LogP contribution is -2.46. The van der Waals surface area contributed by atoms with Gasteiger partial charge in [0.2, 0.25) is 0 Å². The van der Waals surface area contributed by atoms with Crippen molar-refractivity contribution in [2.24, 2.45) is 0 Å². The van der Waals surface area contributed by atoms with E-state index in [1.165, 1.54) is 31.2 Å². The van der Waals surface area contributed by atoms with Gasteiger partial charge in [0.25, 0.3) is 15.9 Å². The van der Waals surface area contributed by atoms with Crippen LogP contribution in [0.4, 0.5) is 5.69 Å². The summed E-state index contributed by atoms with van der Waals surface area (Å²) >= 11 is 5.31. The van der Waals surface area contributed by atoms with Crippen LogP contribution in [0.1, 0.15) is 22.8 Å². The third-order valence-corrected chi connectivity index (χ3v) is 8.74. The van der Waals surface area contributed by atoms with Gasteiger partial charge in [-0.05, 0) is 95.1 Å². The zero-order valence-corrected chi connectivity index (χ0v) is 25.9. The maximum Gasteiger partial charge on any atom is 0.261 e. The fraction of sp³-hybridized carbons (Fsp3) is 0.133. The van der Waals surface area contributed by atoms with Gasteiger partial charge in [-0.15, -0.1) is 0 Å². The van der Waals surface area contributed by atoms with E-state index in [4.69, 9.17) is 0 Å². The molecule has 0 aliphatic heterocycles. The zero-order valence-electron chi connectivity index (χ0n) is 21.3. The summed E-state index contributed by atoms with van der Waals surface area (Å²) in [6.07, 6.45) is -1.16. The first-order valence-corrected chi connectivity index (χ1v) is 15.6. The highest BCUT2D eigenvalue weighted by atomic mass is 127. The lowest BCUT2D eigenvalue weighted by atomic mass is 9.97. The average Bonchev–Trinajstić information content (AvgIpc) is 2.94. The van der Waals surface area contributed by atoms with Crippen LogP contribution >= 0.6 is 38.5 Å². The van der Waals surface area contributed by atoms with E-state index in [0.29, 0.717) is 3.57 Å². The topological polar surface area (TPSA) is 113 Å². The summed E-state index contributed by atoms with van der Waals surface area (Å²) in [7, 11) is -3.99. The summed E-state index contributed by atoms with van der Waals surface area (Å²) in [5, 5.41) is 12.8. The molecular formula is C30H26BrIN2O5S. The molecule has 0 fully saturated rings. The summed E-state index contributed by atoms with van der Waals surface area (Å²) in [5.74, 6) is -1.20. The van der Waals surface area contributed by atoms with Crippen molar-refractivity contribution in [3.63, 3.8) is 0 Å². The van der Waals surface area contributed by atoms with E-state index >= 15 is 0 Å². The van der Waals surface area contributed by atoms with Crippen molar-refractivity contribution in [3.8, 4) is 11.1 Å². The number of ketones is 1. The molecule has 0 saturated heterocycles. The molecule has 0 aliphatic rings. The van der Waals surface area contributed by atoms with Crippen molar-refractivity contribution in [1.29, 1.82) is 0 Å². The lowest BCUT2D eigenvalue weighted by molar-refractivity contribution is -0.128. The van der Waals surface area contributed by atoms with Crippen molar-refractivity contribution in [2.75, 3.05) is 4.72 Å². The SMILES string of the molecule is CC(O)C(=O)[C@H](Cc1ccc(-c2ccccc2)cc1)NC(=O)c1cc(I)ccc1NS(=O)(=O)c1ccc(Br)cc1. The average molecular weight is 733 g/mol. The number of Topliss-reactive ketones (excluding diaryl/α,β-unsaturated/α-hetero) is 1. The van der Waals surface area contributed by atoms with Crippen molar-refractivity contribution >= 4 is 65.9 Å². The van der Waals surface area contributed by atoms with Gasteiger partial charge >= 0.3 is 0 Å². The molecular weight excluding hydrogens is 707 g/mol. The molecule has 4 aromatic rings. The molecule has 1 unspecified atom stereocenters. The van der Waals surface area contributed by atoms with E-state index in [9.17, 15) is 23.1 Å². The number of carbonyl (C=O) groups is 2. The van der Waals surface area contributed by atoms with Crippen LogP contribution in [0.15, 0.2) is 106 Å². The van der Waals surface area contributed by atoms with Crippen molar-refractivity contribution < 1.29 is 23.1 Å². The number of nitrogens with one attached hydrogen (secondary N) is 2. The molecule has 0 heterocycles. The van der Waals surface area contributed by atoms with Gasteiger partial charge in [-0.2, -0.15) is 0 Å². The van der Waals surface area contributed by atoms with Crippen molar-refractivity contribution in [1.82, 2.24) is 5.32 Å². The summed E-state index contributed by atoms with van der Waals surface area (Å²) < 4.78 is 29.9. The van der Waals surface area contributed by atoms with Crippen LogP contribution in [-0.4, -0.2) is 37.4 Å². The zero-order chi connectivity index (χ0) is 28.9. The minimum Gasteiger partial charge on any atom is -0.386 e. The minimum atomic E-state index is -3.99. The summed E-state index contributed by atoms with van der Waals surface area (Å²) in [6.45, 7) is 1.35. The van der Waals surface area contributed by atoms with E-state index in [0.717, 1.165) is 21.2 Å². The Morgan fingerprint density at radius 1 is 0.900 bits per heavy atom. The highest BCUT2D eigenvalue weighted by Crippen LogP contribution is 2.24. The molecule has 7 nitrogen and oxygen atoms in total. The van der Waals surface area contributed by atoms with Crippen LogP contribution in [0.2, 0.25) is 0 Å². The Morgan fingerprint density at radius 3 is 2.15 bits per heavy atom. The molecule has 0 bridgehead atoms. The monoisotopic (exact) mass is 732 g/mol. The fourth-order valence-corrected chi connectivity index (χ4v) is 5.90. The van der Waals surface area contributed by atoms with Crippen molar-refractivity contribution in [2.45, 2.75) is 30.4 Å². The Hall–Kier alpha value is -3.06. The molecule has 0 aromatic heterocycles. The predicted octanol–water partition coefficient (Wildman–Crippen LogP) is 5.81. The van der Waals surface area contributed by atoms with Gasteiger partial charge < -0.3 is 10.4 Å². The van der Waals surface area contributed by atoms with Gasteiger partial charge in [0.05, 0.1) is 22.2 Å². The van der Waals surface area contributed by atoms with E-state index in [-0.39, 0.29) is 22.6 Å². The number of hydrogen-bond acceptors (Lipinski definition) is 5. The highest BCUT2D eigenvalue weighted by molar-refractivity contribution is 14.1. The van der Waals surface area contributed by atoms with Crippen LogP contribution in [0, 0.1) is 3.57 Å². The Morgan fingerprint density at radius 2 is 1.52 bits per heavy atom. The fourth-order valence-electron chi connectivity index (χ4n) is 4.06. The first-order valence-electron chi connectivity index (χ1n) is 12.3. The number of rotatable bonds is 10. The molecule has 4 rings (SSSR count). The number of amides is 1. The summed E-state index contributed by atoms with van der Waals surface area (Å²) in [4.78, 5) is 26.4. The number of aliphatic hydroxyl groups excluding tert-OH is 1. The second kappa shape index (κ2) is 13.1. The molecule has 3 N–H and O–H groups in total. The minimum absolute atomic E-state index is 0.0294. The van der Waals surface area contributed by atoms with Gasteiger partial charge in [-0.25, -0.2) is 8.42 Å². The lowest BCUT2D eigenvalue weighted by Gasteiger charge is -2.21. The third-order valence-electron chi connectivity index (χ3n) is 6.16. The molecule has 0 saturated carbocycles. The molecule has 4 aromatic carbocycles. The summed E-state index contributed by atoms with van der Waals surface area (Å²) in [5.41, 5.74) is 2.97. The number of aliphatic hydroxyl groups is 1. The molecule has 40 heavy (non-hydrogen) atoms. The number of benzene rings is 4. The highest BCUT2D eigenvalue weighted by Gasteiger charge is 2.27. The number of halogens is 2. The molecule has 10 heteroatoms.